The van der Waals surface area contributed by atoms with Gasteiger partial charge in [0.15, 0.2) is 0 Å². The highest BCUT2D eigenvalue weighted by molar-refractivity contribution is 6.11. The first kappa shape index (κ1) is 31.1. The van der Waals surface area contributed by atoms with Crippen LogP contribution < -0.4 is 0 Å². The topological polar surface area (TPSA) is 57.4 Å². The van der Waals surface area contributed by atoms with Gasteiger partial charge in [0, 0.05) is 32.7 Å². The first-order chi connectivity index (χ1) is 26.7. The van der Waals surface area contributed by atoms with Crippen LogP contribution in [0, 0.1) is 22.7 Å². The van der Waals surface area contributed by atoms with E-state index in [1.54, 1.807) is 12.1 Å². The second-order valence-corrected chi connectivity index (χ2v) is 13.5. The first-order valence-corrected chi connectivity index (χ1v) is 18.0. The van der Waals surface area contributed by atoms with E-state index in [0.717, 1.165) is 66.8 Å². The molecule has 54 heavy (non-hydrogen) atoms. The minimum atomic E-state index is 0.465. The van der Waals surface area contributed by atoms with Crippen molar-refractivity contribution in [3.63, 3.8) is 0 Å². The summed E-state index contributed by atoms with van der Waals surface area (Å²) >= 11 is 0. The van der Waals surface area contributed by atoms with Crippen molar-refractivity contribution in [2.75, 3.05) is 0 Å². The summed E-state index contributed by atoms with van der Waals surface area (Å²) in [6.07, 6.45) is 0. The molecule has 0 unspecified atom stereocenters. The standard InChI is InChI=1S/C50H30N4/c51-31-33-27-28-37(36(29-33)32-52)34-13-11-14-35(30-34)50-43(20-12-26-49(50)54-46-23-8-3-17-40(46)41-18-4-9-24-47(41)54)42-19-5-10-25-48(42)53-44-21-6-1-15-38(44)39-16-2-7-22-45(39)53/h1-30H. The Labute approximate surface area is 312 Å². The van der Waals surface area contributed by atoms with E-state index in [9.17, 15) is 10.5 Å². The lowest BCUT2D eigenvalue weighted by Crippen LogP contribution is -2.02. The number of para-hydroxylation sites is 5. The van der Waals surface area contributed by atoms with Gasteiger partial charge in [-0.1, -0.05) is 127 Å². The van der Waals surface area contributed by atoms with Gasteiger partial charge >= 0.3 is 0 Å². The van der Waals surface area contributed by atoms with E-state index in [1.807, 2.05) is 12.1 Å². The van der Waals surface area contributed by atoms with Crippen LogP contribution in [-0.4, -0.2) is 9.13 Å². The van der Waals surface area contributed by atoms with Gasteiger partial charge in [-0.2, -0.15) is 10.5 Å². The molecular formula is C50H30N4. The number of benzene rings is 8. The third kappa shape index (κ3) is 4.76. The van der Waals surface area contributed by atoms with E-state index in [2.05, 4.69) is 179 Å². The molecule has 0 bridgehead atoms. The van der Waals surface area contributed by atoms with Gasteiger partial charge in [-0.25, -0.2) is 0 Å². The molecule has 2 heterocycles. The maximum Gasteiger partial charge on any atom is 0.0998 e. The summed E-state index contributed by atoms with van der Waals surface area (Å²) in [5, 5.41) is 24.5. The van der Waals surface area contributed by atoms with Crippen LogP contribution >= 0.6 is 0 Å². The fraction of sp³-hybridized carbons (Fsp3) is 0. The number of fused-ring (bicyclic) bond motifs is 6. The summed E-state index contributed by atoms with van der Waals surface area (Å²) in [6.45, 7) is 0. The summed E-state index contributed by atoms with van der Waals surface area (Å²) in [6, 6.07) is 68.1. The Hall–Kier alpha value is -7.66. The minimum Gasteiger partial charge on any atom is -0.309 e. The summed E-state index contributed by atoms with van der Waals surface area (Å²) in [4.78, 5) is 0. The van der Waals surface area contributed by atoms with E-state index < -0.39 is 0 Å². The molecule has 0 aliphatic heterocycles. The van der Waals surface area contributed by atoms with Crippen LogP contribution in [0.5, 0.6) is 0 Å². The van der Waals surface area contributed by atoms with Crippen LogP contribution in [0.3, 0.4) is 0 Å². The van der Waals surface area contributed by atoms with Crippen LogP contribution in [-0.2, 0) is 0 Å². The Kier molecular flexibility index (Phi) is 7.22. The van der Waals surface area contributed by atoms with Crippen molar-refractivity contribution in [2.45, 2.75) is 0 Å². The zero-order chi connectivity index (χ0) is 36.2. The van der Waals surface area contributed by atoms with E-state index in [-0.39, 0.29) is 0 Å². The van der Waals surface area contributed by atoms with E-state index in [4.69, 9.17) is 0 Å². The largest absolute Gasteiger partial charge is 0.309 e. The van der Waals surface area contributed by atoms with Crippen molar-refractivity contribution < 1.29 is 0 Å². The van der Waals surface area contributed by atoms with Crippen molar-refractivity contribution in [3.8, 4) is 56.9 Å². The van der Waals surface area contributed by atoms with Crippen molar-refractivity contribution in [3.05, 3.63) is 193 Å². The lowest BCUT2D eigenvalue weighted by molar-refractivity contribution is 1.17. The number of aromatic nitrogens is 2. The number of hydrogen-bond donors (Lipinski definition) is 0. The zero-order valence-electron chi connectivity index (χ0n) is 29.1. The molecule has 4 nitrogen and oxygen atoms in total. The predicted molar refractivity (Wildman–Crippen MR) is 221 cm³/mol. The maximum atomic E-state index is 10.2. The molecule has 0 fully saturated rings. The summed E-state index contributed by atoms with van der Waals surface area (Å²) in [7, 11) is 0. The predicted octanol–water partition coefficient (Wildman–Crippen LogP) is 12.6. The number of nitriles is 2. The highest BCUT2D eigenvalue weighted by atomic mass is 15.0. The van der Waals surface area contributed by atoms with Gasteiger partial charge in [0.2, 0.25) is 0 Å². The van der Waals surface area contributed by atoms with E-state index in [0.29, 0.717) is 11.1 Å². The molecule has 0 aliphatic rings. The van der Waals surface area contributed by atoms with Gasteiger partial charge in [-0.15, -0.1) is 0 Å². The van der Waals surface area contributed by atoms with Crippen LogP contribution in [0.25, 0.3) is 88.4 Å². The van der Waals surface area contributed by atoms with Gasteiger partial charge in [0.25, 0.3) is 0 Å². The molecule has 0 radical (unpaired) electrons. The van der Waals surface area contributed by atoms with Crippen molar-refractivity contribution >= 4 is 43.6 Å². The molecule has 0 N–H and O–H groups in total. The van der Waals surface area contributed by atoms with Crippen molar-refractivity contribution in [2.24, 2.45) is 0 Å². The fourth-order valence-electron chi connectivity index (χ4n) is 8.32. The van der Waals surface area contributed by atoms with Crippen LogP contribution in [0.15, 0.2) is 182 Å². The normalized spacial score (nSPS) is 11.3. The van der Waals surface area contributed by atoms with E-state index >= 15 is 0 Å². The van der Waals surface area contributed by atoms with Crippen LogP contribution in [0.4, 0.5) is 0 Å². The molecule has 2 aromatic heterocycles. The number of hydrogen-bond acceptors (Lipinski definition) is 2. The molecule has 0 saturated heterocycles. The van der Waals surface area contributed by atoms with Crippen LogP contribution in [0.2, 0.25) is 0 Å². The average molecular weight is 687 g/mol. The Bertz CT molecular complexity index is 3090. The molecule has 0 atom stereocenters. The van der Waals surface area contributed by atoms with Gasteiger partial charge in [-0.05, 0) is 76.9 Å². The molecule has 10 rings (SSSR count). The second-order valence-electron chi connectivity index (χ2n) is 13.5. The Morgan fingerprint density at radius 3 is 1.43 bits per heavy atom. The van der Waals surface area contributed by atoms with Crippen LogP contribution in [0.1, 0.15) is 11.1 Å². The maximum absolute atomic E-state index is 10.2. The van der Waals surface area contributed by atoms with Crippen molar-refractivity contribution in [1.82, 2.24) is 9.13 Å². The van der Waals surface area contributed by atoms with E-state index in [1.165, 1.54) is 21.5 Å². The highest BCUT2D eigenvalue weighted by Gasteiger charge is 2.22. The zero-order valence-corrected chi connectivity index (χ0v) is 29.1. The monoisotopic (exact) mass is 686 g/mol. The minimum absolute atomic E-state index is 0.465. The SMILES string of the molecule is N#Cc1ccc(-c2cccc(-c3c(-c4ccccc4-n4c5ccccc5c5ccccc54)cccc3-n3c4ccccc4c4ccccc43)c2)c(C#N)c1. The van der Waals surface area contributed by atoms with Gasteiger partial charge in [0.05, 0.1) is 56.7 Å². The Morgan fingerprint density at radius 1 is 0.352 bits per heavy atom. The molecule has 250 valence electrons. The molecule has 0 saturated carbocycles. The Morgan fingerprint density at radius 2 is 0.833 bits per heavy atom. The van der Waals surface area contributed by atoms with Gasteiger partial charge in [0.1, 0.15) is 0 Å². The molecule has 0 aliphatic carbocycles. The average Bonchev–Trinajstić information content (AvgIpc) is 3.76. The third-order valence-corrected chi connectivity index (χ3v) is 10.6. The van der Waals surface area contributed by atoms with Crippen molar-refractivity contribution in [1.29, 1.82) is 10.5 Å². The number of rotatable bonds is 5. The molecule has 0 amide bonds. The first-order valence-electron chi connectivity index (χ1n) is 18.0. The lowest BCUT2D eigenvalue weighted by atomic mass is 9.89. The summed E-state index contributed by atoms with van der Waals surface area (Å²) < 4.78 is 4.78. The molecule has 4 heteroatoms. The number of nitrogens with zero attached hydrogens (tertiary/aromatic N) is 4. The fourth-order valence-corrected chi connectivity index (χ4v) is 8.32. The van der Waals surface area contributed by atoms with Gasteiger partial charge in [-0.3, -0.25) is 0 Å². The Balaban J connectivity index is 1.31. The third-order valence-electron chi connectivity index (χ3n) is 10.6. The highest BCUT2D eigenvalue weighted by Crippen LogP contribution is 2.44. The molecular weight excluding hydrogens is 657 g/mol. The molecule has 8 aromatic carbocycles. The summed E-state index contributed by atoms with van der Waals surface area (Å²) in [5.41, 5.74) is 13.6. The molecule has 10 aromatic rings. The summed E-state index contributed by atoms with van der Waals surface area (Å²) in [5.74, 6) is 0. The van der Waals surface area contributed by atoms with Gasteiger partial charge < -0.3 is 9.13 Å². The second kappa shape index (κ2) is 12.5. The quantitative estimate of drug-likeness (QED) is 0.181. The lowest BCUT2D eigenvalue weighted by Gasteiger charge is -2.21. The smallest absolute Gasteiger partial charge is 0.0998 e. The molecule has 0 spiro atoms.